The molecule has 1 aromatic carbocycles. The highest BCUT2D eigenvalue weighted by Crippen LogP contribution is 2.07. The summed E-state index contributed by atoms with van der Waals surface area (Å²) in [6, 6.07) is 10.1. The third kappa shape index (κ3) is 3.94. The van der Waals surface area contributed by atoms with Crippen LogP contribution in [0.4, 0.5) is 0 Å². The number of hydrogen-bond acceptors (Lipinski definition) is 3. The van der Waals surface area contributed by atoms with Gasteiger partial charge in [-0.05, 0) is 31.3 Å². The number of quaternary nitrogens is 1. The Hall–Kier alpha value is -2.51. The monoisotopic (exact) mass is 355 g/mol. The summed E-state index contributed by atoms with van der Waals surface area (Å²) in [6.45, 7) is 7.99. The van der Waals surface area contributed by atoms with Crippen molar-refractivity contribution in [2.24, 2.45) is 0 Å². The maximum absolute atomic E-state index is 5.52. The summed E-state index contributed by atoms with van der Waals surface area (Å²) in [5, 5.41) is 9.00. The molecule has 0 fully saturated rings. The van der Waals surface area contributed by atoms with E-state index in [9.17, 15) is 0 Å². The van der Waals surface area contributed by atoms with Crippen molar-refractivity contribution < 1.29 is 4.90 Å². The molecule has 2 heterocycles. The van der Waals surface area contributed by atoms with E-state index < -0.39 is 0 Å². The second-order valence-electron chi connectivity index (χ2n) is 6.15. The Balaban J connectivity index is 1.68. The van der Waals surface area contributed by atoms with Crippen LogP contribution in [0.5, 0.6) is 0 Å². The third-order valence-corrected chi connectivity index (χ3v) is 4.43. The lowest BCUT2D eigenvalue weighted by Crippen LogP contribution is -3.07. The van der Waals surface area contributed by atoms with Gasteiger partial charge in [0.2, 0.25) is 4.77 Å². The van der Waals surface area contributed by atoms with E-state index in [1.165, 1.54) is 10.5 Å². The number of aryl methyl sites for hydroxylation is 1. The average Bonchev–Trinajstić information content (AvgIpc) is 3.16. The van der Waals surface area contributed by atoms with Crippen molar-refractivity contribution in [3.63, 3.8) is 0 Å². The van der Waals surface area contributed by atoms with Crippen molar-refractivity contribution in [1.29, 1.82) is 0 Å². The van der Waals surface area contributed by atoms with Crippen LogP contribution in [0.15, 0.2) is 55.4 Å². The van der Waals surface area contributed by atoms with Crippen molar-refractivity contribution in [3.8, 4) is 5.69 Å². The van der Waals surface area contributed by atoms with Crippen LogP contribution >= 0.6 is 12.2 Å². The van der Waals surface area contributed by atoms with Gasteiger partial charge in [0, 0.05) is 18.3 Å². The van der Waals surface area contributed by atoms with Gasteiger partial charge >= 0.3 is 0 Å². The summed E-state index contributed by atoms with van der Waals surface area (Å²) in [5.74, 6) is 0.912. The standard InChI is InChI=1S/C18H22N6S/c1-4-10-22-15(2)20-24(18(22)25)14-21(3)12-16-11-19-23(13-16)17-8-6-5-7-9-17/h4-9,11,13H,1,10,12,14H2,2-3H3/p+1. The average molecular weight is 355 g/mol. The molecule has 0 radical (unpaired) electrons. The van der Waals surface area contributed by atoms with E-state index >= 15 is 0 Å². The molecule has 0 aliphatic carbocycles. The molecular weight excluding hydrogens is 332 g/mol. The first-order valence-electron chi connectivity index (χ1n) is 8.24. The molecule has 0 amide bonds. The number of para-hydroxylation sites is 1. The van der Waals surface area contributed by atoms with Gasteiger partial charge in [-0.15, -0.1) is 6.58 Å². The highest BCUT2D eigenvalue weighted by Gasteiger charge is 2.12. The van der Waals surface area contributed by atoms with Crippen LogP contribution in [0.2, 0.25) is 0 Å². The van der Waals surface area contributed by atoms with Gasteiger partial charge < -0.3 is 9.47 Å². The van der Waals surface area contributed by atoms with Crippen molar-refractivity contribution in [2.75, 3.05) is 7.05 Å². The Kier molecular flexibility index (Phi) is 5.25. The molecule has 1 atom stereocenters. The van der Waals surface area contributed by atoms with E-state index in [2.05, 4.69) is 30.0 Å². The van der Waals surface area contributed by atoms with Gasteiger partial charge in [0.15, 0.2) is 6.67 Å². The second kappa shape index (κ2) is 7.58. The summed E-state index contributed by atoms with van der Waals surface area (Å²) in [5.41, 5.74) is 2.24. The number of rotatable bonds is 7. The van der Waals surface area contributed by atoms with Crippen LogP contribution in [-0.2, 0) is 19.8 Å². The van der Waals surface area contributed by atoms with E-state index in [1.54, 1.807) is 0 Å². The fourth-order valence-corrected chi connectivity index (χ4v) is 3.14. The molecule has 1 unspecified atom stereocenters. The van der Waals surface area contributed by atoms with Crippen LogP contribution in [-0.4, -0.2) is 31.2 Å². The molecule has 6 nitrogen and oxygen atoms in total. The predicted octanol–water partition coefficient (Wildman–Crippen LogP) is 1.77. The summed E-state index contributed by atoms with van der Waals surface area (Å²) in [6.07, 6.45) is 5.82. The Morgan fingerprint density at radius 3 is 2.76 bits per heavy atom. The number of nitrogens with one attached hydrogen (secondary N) is 1. The van der Waals surface area contributed by atoms with E-state index in [1.807, 2.05) is 63.5 Å². The quantitative estimate of drug-likeness (QED) is 0.519. The Bertz CT molecular complexity index is 905. The molecule has 0 saturated carbocycles. The maximum Gasteiger partial charge on any atom is 0.203 e. The fourth-order valence-electron chi connectivity index (χ4n) is 2.82. The molecule has 2 aromatic heterocycles. The van der Waals surface area contributed by atoms with Crippen LogP contribution in [0.25, 0.3) is 5.69 Å². The van der Waals surface area contributed by atoms with E-state index in [0.29, 0.717) is 13.2 Å². The molecule has 0 aliphatic rings. The Labute approximate surface area is 152 Å². The molecule has 0 spiro atoms. The summed E-state index contributed by atoms with van der Waals surface area (Å²) in [7, 11) is 2.13. The molecule has 7 heteroatoms. The number of allylic oxidation sites excluding steroid dienone is 1. The third-order valence-electron chi connectivity index (χ3n) is 4.00. The first-order valence-corrected chi connectivity index (χ1v) is 8.64. The lowest BCUT2D eigenvalue weighted by molar-refractivity contribution is -0.917. The van der Waals surface area contributed by atoms with E-state index in [0.717, 1.165) is 22.8 Å². The van der Waals surface area contributed by atoms with Gasteiger partial charge in [-0.2, -0.15) is 14.9 Å². The van der Waals surface area contributed by atoms with Gasteiger partial charge in [-0.3, -0.25) is 0 Å². The zero-order chi connectivity index (χ0) is 17.8. The van der Waals surface area contributed by atoms with Gasteiger partial charge in [0.25, 0.3) is 0 Å². The fraction of sp³-hybridized carbons (Fsp3) is 0.278. The summed E-state index contributed by atoms with van der Waals surface area (Å²) in [4.78, 5) is 1.28. The van der Waals surface area contributed by atoms with E-state index in [-0.39, 0.29) is 0 Å². The molecular formula is C18H23N6S+. The summed E-state index contributed by atoms with van der Waals surface area (Å²) >= 11 is 5.52. The molecule has 3 rings (SSSR count). The first-order chi connectivity index (χ1) is 12.1. The number of nitrogens with zero attached hydrogens (tertiary/aromatic N) is 5. The minimum atomic E-state index is 0.688. The largest absolute Gasteiger partial charge is 0.315 e. The molecule has 0 saturated heterocycles. The molecule has 130 valence electrons. The lowest BCUT2D eigenvalue weighted by atomic mass is 10.3. The molecule has 25 heavy (non-hydrogen) atoms. The van der Waals surface area contributed by atoms with Gasteiger partial charge in [0.1, 0.15) is 12.4 Å². The Morgan fingerprint density at radius 2 is 2.04 bits per heavy atom. The number of benzene rings is 1. The first kappa shape index (κ1) is 17.3. The normalized spacial score (nSPS) is 12.2. The van der Waals surface area contributed by atoms with Gasteiger partial charge in [0.05, 0.1) is 18.9 Å². The van der Waals surface area contributed by atoms with Crippen LogP contribution in [0.3, 0.4) is 0 Å². The number of hydrogen-bond donors (Lipinski definition) is 1. The minimum absolute atomic E-state index is 0.688. The zero-order valence-electron chi connectivity index (χ0n) is 14.6. The zero-order valence-corrected chi connectivity index (χ0v) is 15.4. The second-order valence-corrected chi connectivity index (χ2v) is 6.51. The van der Waals surface area contributed by atoms with Crippen LogP contribution in [0.1, 0.15) is 11.4 Å². The van der Waals surface area contributed by atoms with Gasteiger partial charge in [-0.25, -0.2) is 4.68 Å². The van der Waals surface area contributed by atoms with Crippen molar-refractivity contribution in [2.45, 2.75) is 26.7 Å². The van der Waals surface area contributed by atoms with Crippen molar-refractivity contribution >= 4 is 12.2 Å². The minimum Gasteiger partial charge on any atom is -0.315 e. The van der Waals surface area contributed by atoms with Crippen LogP contribution in [0, 0.1) is 11.7 Å². The highest BCUT2D eigenvalue weighted by molar-refractivity contribution is 7.71. The highest BCUT2D eigenvalue weighted by atomic mass is 32.1. The molecule has 0 bridgehead atoms. The van der Waals surface area contributed by atoms with Crippen LogP contribution < -0.4 is 4.90 Å². The topological polar surface area (TPSA) is 45.0 Å². The molecule has 3 aromatic rings. The lowest BCUT2D eigenvalue weighted by Gasteiger charge is -2.12. The molecule has 0 aliphatic heterocycles. The predicted molar refractivity (Wildman–Crippen MR) is 100 cm³/mol. The smallest absolute Gasteiger partial charge is 0.203 e. The van der Waals surface area contributed by atoms with Crippen molar-refractivity contribution in [3.05, 3.63) is 71.5 Å². The van der Waals surface area contributed by atoms with Crippen molar-refractivity contribution in [1.82, 2.24) is 24.1 Å². The SMILES string of the molecule is C=CCn1c(C)nn(C[NH+](C)Cc2cnn(-c3ccccc3)c2)c1=S. The maximum atomic E-state index is 5.52. The Morgan fingerprint density at radius 1 is 1.28 bits per heavy atom. The van der Waals surface area contributed by atoms with Gasteiger partial charge in [-0.1, -0.05) is 24.3 Å². The summed E-state index contributed by atoms with van der Waals surface area (Å²) < 4.78 is 6.50. The number of aromatic nitrogens is 5. The molecule has 1 N–H and O–H groups in total. The van der Waals surface area contributed by atoms with E-state index in [4.69, 9.17) is 12.2 Å².